The van der Waals surface area contributed by atoms with Crippen LogP contribution >= 0.6 is 23.1 Å². The van der Waals surface area contributed by atoms with Crippen LogP contribution in [0.25, 0.3) is 12.2 Å². The van der Waals surface area contributed by atoms with Crippen LogP contribution in [-0.2, 0) is 0 Å². The third kappa shape index (κ3) is 2.59. The van der Waals surface area contributed by atoms with Gasteiger partial charge in [0, 0.05) is 4.88 Å². The highest BCUT2D eigenvalue weighted by molar-refractivity contribution is 7.98. The van der Waals surface area contributed by atoms with Crippen molar-refractivity contribution in [1.82, 2.24) is 15.2 Å². The molecule has 1 N–H and O–H groups in total. The van der Waals surface area contributed by atoms with Gasteiger partial charge in [-0.2, -0.15) is 0 Å². The minimum Gasteiger partial charge on any atom is -0.298 e. The number of aromatic nitrogens is 3. The first-order valence-corrected chi connectivity index (χ1v) is 6.62. The number of hydrogen-bond donors (Lipinski definition) is 1. The summed E-state index contributed by atoms with van der Waals surface area (Å²) in [4.78, 5) is 15.3. The Morgan fingerprint density at radius 2 is 2.31 bits per heavy atom. The van der Waals surface area contributed by atoms with Crippen molar-refractivity contribution in [2.45, 2.75) is 5.16 Å². The molecule has 2 aromatic rings. The fourth-order valence-corrected chi connectivity index (χ4v) is 2.01. The second kappa shape index (κ2) is 5.09. The molecule has 0 saturated heterocycles. The van der Waals surface area contributed by atoms with Crippen LogP contribution in [0.1, 0.15) is 10.6 Å². The summed E-state index contributed by atoms with van der Waals surface area (Å²) in [7, 11) is 0. The maximum absolute atomic E-state index is 11.5. The number of nitrogens with zero attached hydrogens (tertiary/aromatic N) is 2. The molecule has 2 rings (SSSR count). The van der Waals surface area contributed by atoms with E-state index in [0.29, 0.717) is 10.9 Å². The van der Waals surface area contributed by atoms with Crippen molar-refractivity contribution in [2.75, 3.05) is 6.26 Å². The van der Waals surface area contributed by atoms with Crippen LogP contribution in [0.3, 0.4) is 0 Å². The molecule has 0 bridgehead atoms. The summed E-state index contributed by atoms with van der Waals surface area (Å²) in [5.41, 5.74) is 0.110. The number of aromatic amines is 1. The Morgan fingerprint density at radius 1 is 1.44 bits per heavy atom. The largest absolute Gasteiger partial charge is 0.298 e. The van der Waals surface area contributed by atoms with Gasteiger partial charge in [0.05, 0.1) is 0 Å². The van der Waals surface area contributed by atoms with Gasteiger partial charge in [-0.25, -0.2) is 0 Å². The van der Waals surface area contributed by atoms with E-state index in [1.807, 2.05) is 29.8 Å². The second-order valence-electron chi connectivity index (χ2n) is 2.90. The lowest BCUT2D eigenvalue weighted by Crippen LogP contribution is -2.14. The molecule has 0 radical (unpaired) electrons. The molecule has 0 amide bonds. The quantitative estimate of drug-likeness (QED) is 0.849. The normalized spacial score (nSPS) is 11.1. The van der Waals surface area contributed by atoms with Crippen LogP contribution in [0.15, 0.2) is 27.5 Å². The molecule has 2 heterocycles. The van der Waals surface area contributed by atoms with Crippen molar-refractivity contribution in [3.8, 4) is 0 Å². The highest BCUT2D eigenvalue weighted by atomic mass is 32.2. The van der Waals surface area contributed by atoms with Gasteiger partial charge in [0.1, 0.15) is 0 Å². The summed E-state index contributed by atoms with van der Waals surface area (Å²) in [6.45, 7) is 0. The molecule has 6 heteroatoms. The summed E-state index contributed by atoms with van der Waals surface area (Å²) in [6, 6.07) is 3.93. The summed E-state index contributed by atoms with van der Waals surface area (Å²) < 4.78 is 0. The van der Waals surface area contributed by atoms with Gasteiger partial charge in [0.2, 0.25) is 0 Å². The Morgan fingerprint density at radius 3 is 2.94 bits per heavy atom. The van der Waals surface area contributed by atoms with Gasteiger partial charge in [0.15, 0.2) is 10.9 Å². The Labute approximate surface area is 100 Å². The molecule has 4 nitrogen and oxygen atoms in total. The van der Waals surface area contributed by atoms with E-state index >= 15 is 0 Å². The van der Waals surface area contributed by atoms with Gasteiger partial charge in [-0.3, -0.25) is 9.78 Å². The average molecular weight is 251 g/mol. The minimum absolute atomic E-state index is 0.216. The predicted octanol–water partition coefficient (Wildman–Crippen LogP) is 2.12. The fraction of sp³-hybridized carbons (Fsp3) is 0.100. The Bertz CT molecular complexity index is 545. The maximum Gasteiger partial charge on any atom is 0.277 e. The molecule has 0 spiro atoms. The van der Waals surface area contributed by atoms with Crippen LogP contribution in [-0.4, -0.2) is 21.4 Å². The summed E-state index contributed by atoms with van der Waals surface area (Å²) in [5, 5.41) is 10.2. The topological polar surface area (TPSA) is 58.6 Å². The van der Waals surface area contributed by atoms with E-state index in [2.05, 4.69) is 15.2 Å². The second-order valence-corrected chi connectivity index (χ2v) is 4.67. The molecule has 2 aromatic heterocycles. The molecule has 0 unspecified atom stereocenters. The Hall–Kier alpha value is -1.40. The summed E-state index contributed by atoms with van der Waals surface area (Å²) >= 11 is 2.96. The van der Waals surface area contributed by atoms with E-state index in [0.717, 1.165) is 4.88 Å². The van der Waals surface area contributed by atoms with Crippen molar-refractivity contribution in [3.05, 3.63) is 38.4 Å². The van der Waals surface area contributed by atoms with Crippen LogP contribution in [0, 0.1) is 0 Å². The average Bonchev–Trinajstić information content (AvgIpc) is 2.80. The van der Waals surface area contributed by atoms with Crippen LogP contribution < -0.4 is 5.56 Å². The molecule has 0 fully saturated rings. The summed E-state index contributed by atoms with van der Waals surface area (Å²) in [6.07, 6.45) is 5.35. The van der Waals surface area contributed by atoms with Crippen molar-refractivity contribution in [1.29, 1.82) is 0 Å². The molecular formula is C10H9N3OS2. The molecule has 0 atom stereocenters. The first-order valence-electron chi connectivity index (χ1n) is 4.52. The molecule has 0 aromatic carbocycles. The third-order valence-corrected chi connectivity index (χ3v) is 3.25. The van der Waals surface area contributed by atoms with E-state index in [1.54, 1.807) is 17.4 Å². The zero-order chi connectivity index (χ0) is 11.4. The summed E-state index contributed by atoms with van der Waals surface area (Å²) in [5.74, 6) is 0. The number of hydrogen-bond acceptors (Lipinski definition) is 5. The van der Waals surface area contributed by atoms with Crippen molar-refractivity contribution in [3.63, 3.8) is 0 Å². The predicted molar refractivity (Wildman–Crippen MR) is 67.7 cm³/mol. The van der Waals surface area contributed by atoms with E-state index in [-0.39, 0.29) is 5.56 Å². The minimum atomic E-state index is -0.216. The van der Waals surface area contributed by atoms with E-state index in [1.165, 1.54) is 11.8 Å². The SMILES string of the molecule is CSc1nnc(/C=C/c2cccs2)c(=O)[nH]1. The number of rotatable bonds is 3. The van der Waals surface area contributed by atoms with Gasteiger partial charge in [0.25, 0.3) is 5.56 Å². The lowest BCUT2D eigenvalue weighted by molar-refractivity contribution is 0.811. The maximum atomic E-state index is 11.5. The molecule has 0 saturated carbocycles. The molecule has 0 aliphatic rings. The Balaban J connectivity index is 2.25. The molecule has 0 aliphatic carbocycles. The first-order chi connectivity index (χ1) is 7.79. The van der Waals surface area contributed by atoms with Gasteiger partial charge in [-0.1, -0.05) is 17.8 Å². The molecular weight excluding hydrogens is 242 g/mol. The van der Waals surface area contributed by atoms with Crippen LogP contribution in [0.2, 0.25) is 0 Å². The van der Waals surface area contributed by atoms with Crippen LogP contribution in [0.4, 0.5) is 0 Å². The van der Waals surface area contributed by atoms with Crippen molar-refractivity contribution >= 4 is 35.3 Å². The third-order valence-electron chi connectivity index (χ3n) is 1.84. The molecule has 16 heavy (non-hydrogen) atoms. The monoisotopic (exact) mass is 251 g/mol. The molecule has 0 aliphatic heterocycles. The Kier molecular flexibility index (Phi) is 3.53. The lowest BCUT2D eigenvalue weighted by atomic mass is 10.3. The fourth-order valence-electron chi connectivity index (χ4n) is 1.08. The number of thioether (sulfide) groups is 1. The van der Waals surface area contributed by atoms with Crippen molar-refractivity contribution < 1.29 is 0 Å². The molecule has 82 valence electrons. The number of nitrogens with one attached hydrogen (secondary N) is 1. The highest BCUT2D eigenvalue weighted by Crippen LogP contribution is 2.11. The van der Waals surface area contributed by atoms with Gasteiger partial charge in [-0.05, 0) is 29.9 Å². The first kappa shape index (κ1) is 11.1. The lowest BCUT2D eigenvalue weighted by Gasteiger charge is -1.94. The van der Waals surface area contributed by atoms with Crippen molar-refractivity contribution in [2.24, 2.45) is 0 Å². The zero-order valence-electron chi connectivity index (χ0n) is 8.51. The van der Waals surface area contributed by atoms with Crippen LogP contribution in [0.5, 0.6) is 0 Å². The smallest absolute Gasteiger partial charge is 0.277 e. The van der Waals surface area contributed by atoms with Gasteiger partial charge < -0.3 is 0 Å². The van der Waals surface area contributed by atoms with E-state index in [4.69, 9.17) is 0 Å². The number of H-pyrrole nitrogens is 1. The number of thiophene rings is 1. The van der Waals surface area contributed by atoms with Gasteiger partial charge >= 0.3 is 0 Å². The van der Waals surface area contributed by atoms with E-state index in [9.17, 15) is 4.79 Å². The zero-order valence-corrected chi connectivity index (χ0v) is 10.1. The van der Waals surface area contributed by atoms with E-state index < -0.39 is 0 Å². The highest BCUT2D eigenvalue weighted by Gasteiger charge is 2.00. The standard InChI is InChI=1S/C10H9N3OS2/c1-15-10-11-9(14)8(12-13-10)5-4-7-3-2-6-16-7/h2-6H,1H3,(H,11,13,14)/b5-4+. The van der Waals surface area contributed by atoms with Gasteiger partial charge in [-0.15, -0.1) is 21.5 Å².